The molecule has 0 aliphatic heterocycles. The summed E-state index contributed by atoms with van der Waals surface area (Å²) in [6, 6.07) is 0. The molecule has 0 fully saturated rings. The first kappa shape index (κ1) is 12.7. The second-order valence-electron chi connectivity index (χ2n) is 3.05. The summed E-state index contributed by atoms with van der Waals surface area (Å²) in [4.78, 5) is 21.4. The Labute approximate surface area is 84.0 Å². The van der Waals surface area contributed by atoms with Gasteiger partial charge in [-0.25, -0.2) is 0 Å². The number of hydrogen-bond donors (Lipinski definition) is 2. The zero-order valence-electron chi connectivity index (χ0n) is 8.67. The van der Waals surface area contributed by atoms with Crippen molar-refractivity contribution in [1.29, 1.82) is 0 Å². The van der Waals surface area contributed by atoms with Gasteiger partial charge >= 0.3 is 5.97 Å². The van der Waals surface area contributed by atoms with E-state index < -0.39 is 5.97 Å². The van der Waals surface area contributed by atoms with E-state index >= 15 is 0 Å². The van der Waals surface area contributed by atoms with Crippen molar-refractivity contribution in [3.05, 3.63) is 11.6 Å². The molecule has 0 aromatic carbocycles. The highest BCUT2D eigenvalue weighted by molar-refractivity contribution is 5.92. The zero-order valence-corrected chi connectivity index (χ0v) is 8.67. The molecule has 0 atom stereocenters. The molecule has 0 rings (SSSR count). The summed E-state index contributed by atoms with van der Waals surface area (Å²) in [5, 5.41) is 11.0. The molecule has 0 unspecified atom stereocenters. The molecule has 0 saturated carbocycles. The van der Waals surface area contributed by atoms with E-state index in [1.165, 1.54) is 0 Å². The Morgan fingerprint density at radius 3 is 2.57 bits per heavy atom. The number of allylic oxidation sites excluding steroid dienone is 1. The van der Waals surface area contributed by atoms with Crippen LogP contribution in [0.15, 0.2) is 11.6 Å². The molecule has 0 radical (unpaired) electrons. The number of carbonyl (C=O) groups is 2. The fraction of sp³-hybridized carbons (Fsp3) is 0.600. The smallest absolute Gasteiger partial charge is 0.303 e. The first-order valence-corrected chi connectivity index (χ1v) is 4.74. The number of amides is 1. The van der Waals surface area contributed by atoms with E-state index in [2.05, 4.69) is 5.32 Å². The van der Waals surface area contributed by atoms with Crippen LogP contribution in [0.2, 0.25) is 0 Å². The lowest BCUT2D eigenvalue weighted by molar-refractivity contribution is -0.137. The van der Waals surface area contributed by atoms with E-state index in [0.717, 1.165) is 6.42 Å². The third kappa shape index (κ3) is 6.22. The van der Waals surface area contributed by atoms with E-state index in [1.807, 2.05) is 13.0 Å². The van der Waals surface area contributed by atoms with Gasteiger partial charge in [0.1, 0.15) is 0 Å². The minimum absolute atomic E-state index is 0.0941. The average Bonchev–Trinajstić information content (AvgIpc) is 2.12. The number of carbonyl (C=O) groups excluding carboxylic acids is 1. The minimum atomic E-state index is -0.833. The van der Waals surface area contributed by atoms with E-state index in [1.54, 1.807) is 6.92 Å². The van der Waals surface area contributed by atoms with Gasteiger partial charge in [-0.3, -0.25) is 9.59 Å². The van der Waals surface area contributed by atoms with Crippen molar-refractivity contribution in [3.8, 4) is 0 Å². The Hall–Kier alpha value is -1.32. The van der Waals surface area contributed by atoms with Gasteiger partial charge in [-0.15, -0.1) is 0 Å². The van der Waals surface area contributed by atoms with Gasteiger partial charge in [-0.2, -0.15) is 0 Å². The number of rotatable bonds is 6. The highest BCUT2D eigenvalue weighted by Crippen LogP contribution is 1.95. The molecule has 0 aliphatic carbocycles. The first-order chi connectivity index (χ1) is 6.57. The normalized spacial score (nSPS) is 11.1. The second kappa shape index (κ2) is 7.12. The van der Waals surface area contributed by atoms with Gasteiger partial charge in [-0.1, -0.05) is 13.0 Å². The van der Waals surface area contributed by atoms with Crippen LogP contribution in [0.3, 0.4) is 0 Å². The van der Waals surface area contributed by atoms with E-state index in [-0.39, 0.29) is 12.3 Å². The third-order valence-electron chi connectivity index (χ3n) is 1.72. The number of aliphatic carboxylic acids is 1. The summed E-state index contributed by atoms with van der Waals surface area (Å²) in [7, 11) is 0. The van der Waals surface area contributed by atoms with Crippen molar-refractivity contribution < 1.29 is 14.7 Å². The maximum absolute atomic E-state index is 11.3. The Kier molecular flexibility index (Phi) is 6.45. The molecule has 0 spiro atoms. The Morgan fingerprint density at radius 2 is 2.07 bits per heavy atom. The van der Waals surface area contributed by atoms with Crippen molar-refractivity contribution in [2.45, 2.75) is 33.1 Å². The fourth-order valence-electron chi connectivity index (χ4n) is 0.980. The molecule has 0 aliphatic rings. The van der Waals surface area contributed by atoms with Crippen molar-refractivity contribution in [2.24, 2.45) is 0 Å². The SMILES string of the molecule is CC/C=C(\C)C(=O)NCCCC(=O)O. The Balaban J connectivity index is 3.64. The van der Waals surface area contributed by atoms with Crippen LogP contribution >= 0.6 is 0 Å². The molecule has 1 amide bonds. The van der Waals surface area contributed by atoms with Gasteiger partial charge in [0.05, 0.1) is 0 Å². The fourth-order valence-corrected chi connectivity index (χ4v) is 0.980. The number of carboxylic acids is 1. The number of hydrogen-bond acceptors (Lipinski definition) is 2. The van der Waals surface area contributed by atoms with Crippen LogP contribution < -0.4 is 5.32 Å². The van der Waals surface area contributed by atoms with Crippen LogP contribution in [0.25, 0.3) is 0 Å². The van der Waals surface area contributed by atoms with Crippen LogP contribution in [0, 0.1) is 0 Å². The lowest BCUT2D eigenvalue weighted by atomic mass is 10.2. The van der Waals surface area contributed by atoms with Gasteiger partial charge in [0.15, 0.2) is 0 Å². The van der Waals surface area contributed by atoms with Crippen LogP contribution in [0.4, 0.5) is 0 Å². The lowest BCUT2D eigenvalue weighted by Gasteiger charge is -2.03. The largest absolute Gasteiger partial charge is 0.481 e. The van der Waals surface area contributed by atoms with Crippen LogP contribution in [0.1, 0.15) is 33.1 Å². The van der Waals surface area contributed by atoms with Gasteiger partial charge in [0.25, 0.3) is 0 Å². The van der Waals surface area contributed by atoms with E-state index in [9.17, 15) is 9.59 Å². The minimum Gasteiger partial charge on any atom is -0.481 e. The predicted molar refractivity (Wildman–Crippen MR) is 53.9 cm³/mol. The summed E-state index contributed by atoms with van der Waals surface area (Å²) in [5.74, 6) is -0.947. The maximum Gasteiger partial charge on any atom is 0.303 e. The van der Waals surface area contributed by atoms with Gasteiger partial charge in [0, 0.05) is 18.5 Å². The van der Waals surface area contributed by atoms with Gasteiger partial charge in [0.2, 0.25) is 5.91 Å². The molecular formula is C10H17NO3. The summed E-state index contributed by atoms with van der Waals surface area (Å²) in [6.07, 6.45) is 3.23. The van der Waals surface area contributed by atoms with E-state index in [0.29, 0.717) is 18.5 Å². The predicted octanol–water partition coefficient (Wildman–Crippen LogP) is 1.32. The summed E-state index contributed by atoms with van der Waals surface area (Å²) in [5.41, 5.74) is 0.683. The molecule has 80 valence electrons. The van der Waals surface area contributed by atoms with Crippen molar-refractivity contribution in [2.75, 3.05) is 6.54 Å². The molecule has 4 heteroatoms. The van der Waals surface area contributed by atoms with Crippen LogP contribution in [-0.4, -0.2) is 23.5 Å². The van der Waals surface area contributed by atoms with Crippen LogP contribution in [-0.2, 0) is 9.59 Å². The van der Waals surface area contributed by atoms with Gasteiger partial charge in [-0.05, 0) is 19.8 Å². The highest BCUT2D eigenvalue weighted by Gasteiger charge is 2.02. The van der Waals surface area contributed by atoms with E-state index in [4.69, 9.17) is 5.11 Å². The highest BCUT2D eigenvalue weighted by atomic mass is 16.4. The molecule has 0 aromatic rings. The monoisotopic (exact) mass is 199 g/mol. The standard InChI is InChI=1S/C10H17NO3/c1-3-5-8(2)10(14)11-7-4-6-9(12)13/h5H,3-4,6-7H2,1-2H3,(H,11,14)(H,12,13)/b8-5+. The molecule has 2 N–H and O–H groups in total. The summed E-state index contributed by atoms with van der Waals surface area (Å²) in [6.45, 7) is 4.12. The number of carboxylic acid groups (broad SMARTS) is 1. The van der Waals surface area contributed by atoms with Crippen molar-refractivity contribution in [3.63, 3.8) is 0 Å². The molecule has 0 saturated heterocycles. The summed E-state index contributed by atoms with van der Waals surface area (Å²) >= 11 is 0. The van der Waals surface area contributed by atoms with Crippen LogP contribution in [0.5, 0.6) is 0 Å². The third-order valence-corrected chi connectivity index (χ3v) is 1.72. The zero-order chi connectivity index (χ0) is 11.0. The second-order valence-corrected chi connectivity index (χ2v) is 3.05. The molecule has 0 bridgehead atoms. The summed E-state index contributed by atoms with van der Waals surface area (Å²) < 4.78 is 0. The number of nitrogens with one attached hydrogen (secondary N) is 1. The van der Waals surface area contributed by atoms with Gasteiger partial charge < -0.3 is 10.4 Å². The maximum atomic E-state index is 11.3. The Bertz CT molecular complexity index is 234. The lowest BCUT2D eigenvalue weighted by Crippen LogP contribution is -2.25. The Morgan fingerprint density at radius 1 is 1.43 bits per heavy atom. The average molecular weight is 199 g/mol. The van der Waals surface area contributed by atoms with Crippen molar-refractivity contribution in [1.82, 2.24) is 5.32 Å². The molecule has 0 heterocycles. The topological polar surface area (TPSA) is 66.4 Å². The molecule has 14 heavy (non-hydrogen) atoms. The first-order valence-electron chi connectivity index (χ1n) is 4.74. The molecule has 0 aromatic heterocycles. The molecular weight excluding hydrogens is 182 g/mol. The quantitative estimate of drug-likeness (QED) is 0.501. The van der Waals surface area contributed by atoms with Crippen molar-refractivity contribution >= 4 is 11.9 Å². The molecule has 4 nitrogen and oxygen atoms in total.